The second-order valence-electron chi connectivity index (χ2n) is 4.06. The summed E-state index contributed by atoms with van der Waals surface area (Å²) in [7, 11) is 1.62. The summed E-state index contributed by atoms with van der Waals surface area (Å²) < 4.78 is 16.4. The summed E-state index contributed by atoms with van der Waals surface area (Å²) in [4.78, 5) is 0. The van der Waals surface area contributed by atoms with Crippen LogP contribution in [0.25, 0.3) is 21.9 Å². The summed E-state index contributed by atoms with van der Waals surface area (Å²) in [5, 5.41) is 1.83. The highest BCUT2D eigenvalue weighted by Gasteiger charge is 2.20. The van der Waals surface area contributed by atoms with E-state index in [2.05, 4.69) is 0 Å². The van der Waals surface area contributed by atoms with Gasteiger partial charge >= 0.3 is 0 Å². The fourth-order valence-corrected chi connectivity index (χ4v) is 2.29. The molecule has 2 aromatic heterocycles. The summed E-state index contributed by atoms with van der Waals surface area (Å²) in [6, 6.07) is 3.62. The molecule has 2 heterocycles. The van der Waals surface area contributed by atoms with Gasteiger partial charge in [0.15, 0.2) is 11.3 Å². The number of hydrogen-bond acceptors (Lipinski definition) is 4. The standard InChI is InChI=1S/C13H13NO3/c1-7(14)10-8-3-5-17-13(8)12(15-2)9-4-6-16-11(9)10/h3-7H,14H2,1-2H3. The minimum Gasteiger partial charge on any atom is -0.492 e. The van der Waals surface area contributed by atoms with Crippen LogP contribution in [0.15, 0.2) is 33.5 Å². The maximum absolute atomic E-state index is 6.01. The number of benzene rings is 1. The van der Waals surface area contributed by atoms with Crippen molar-refractivity contribution in [3.63, 3.8) is 0 Å². The first-order valence-electron chi connectivity index (χ1n) is 5.44. The Morgan fingerprint density at radius 2 is 1.76 bits per heavy atom. The van der Waals surface area contributed by atoms with Crippen LogP contribution in [0.5, 0.6) is 5.75 Å². The lowest BCUT2D eigenvalue weighted by atomic mass is 10.0. The molecule has 4 heteroatoms. The molecule has 1 atom stereocenters. The Kier molecular flexibility index (Phi) is 2.12. The Balaban J connectivity index is 2.58. The molecule has 0 radical (unpaired) electrons. The van der Waals surface area contributed by atoms with Crippen LogP contribution in [-0.4, -0.2) is 7.11 Å². The molecule has 2 N–H and O–H groups in total. The van der Waals surface area contributed by atoms with Crippen molar-refractivity contribution in [1.29, 1.82) is 0 Å². The number of nitrogens with two attached hydrogens (primary N) is 1. The molecule has 1 unspecified atom stereocenters. The number of furan rings is 2. The molecule has 0 amide bonds. The number of hydrogen-bond donors (Lipinski definition) is 1. The quantitative estimate of drug-likeness (QED) is 0.735. The zero-order valence-electron chi connectivity index (χ0n) is 9.69. The Morgan fingerprint density at radius 3 is 2.41 bits per heavy atom. The lowest BCUT2D eigenvalue weighted by Gasteiger charge is -2.10. The van der Waals surface area contributed by atoms with Crippen LogP contribution < -0.4 is 10.5 Å². The minimum absolute atomic E-state index is 0.130. The zero-order valence-corrected chi connectivity index (χ0v) is 9.69. The van der Waals surface area contributed by atoms with Gasteiger partial charge in [-0.2, -0.15) is 0 Å². The molecule has 4 nitrogen and oxygen atoms in total. The average molecular weight is 231 g/mol. The molecular formula is C13H13NO3. The topological polar surface area (TPSA) is 61.5 Å². The number of ether oxygens (including phenoxy) is 1. The maximum atomic E-state index is 6.01. The van der Waals surface area contributed by atoms with Gasteiger partial charge in [0.1, 0.15) is 5.58 Å². The van der Waals surface area contributed by atoms with Gasteiger partial charge in [0.25, 0.3) is 0 Å². The van der Waals surface area contributed by atoms with Gasteiger partial charge in [-0.1, -0.05) is 0 Å². The van der Waals surface area contributed by atoms with Crippen molar-refractivity contribution in [2.45, 2.75) is 13.0 Å². The first kappa shape index (κ1) is 10.2. The van der Waals surface area contributed by atoms with Gasteiger partial charge < -0.3 is 19.3 Å². The molecule has 3 aromatic rings. The van der Waals surface area contributed by atoms with E-state index in [1.165, 1.54) is 0 Å². The Labute approximate surface area is 97.9 Å². The summed E-state index contributed by atoms with van der Waals surface area (Å²) in [6.07, 6.45) is 3.27. The van der Waals surface area contributed by atoms with Crippen LogP contribution >= 0.6 is 0 Å². The minimum atomic E-state index is -0.130. The number of rotatable bonds is 2. The molecule has 0 aliphatic rings. The highest BCUT2D eigenvalue weighted by molar-refractivity contribution is 6.04. The SMILES string of the molecule is COc1c2ccoc2c(C(C)N)c2ccoc12. The van der Waals surface area contributed by atoms with Gasteiger partial charge in [-0.15, -0.1) is 0 Å². The lowest BCUT2D eigenvalue weighted by Crippen LogP contribution is -2.06. The zero-order chi connectivity index (χ0) is 12.0. The van der Waals surface area contributed by atoms with Crippen LogP contribution in [0, 0.1) is 0 Å². The first-order chi connectivity index (χ1) is 8.24. The van der Waals surface area contributed by atoms with E-state index in [0.29, 0.717) is 11.3 Å². The van der Waals surface area contributed by atoms with Crippen LogP contribution in [0.2, 0.25) is 0 Å². The fourth-order valence-electron chi connectivity index (χ4n) is 2.29. The normalized spacial score (nSPS) is 13.4. The summed E-state index contributed by atoms with van der Waals surface area (Å²) in [6.45, 7) is 1.93. The third-order valence-corrected chi connectivity index (χ3v) is 2.98. The van der Waals surface area contributed by atoms with Crippen molar-refractivity contribution in [3.8, 4) is 5.75 Å². The van der Waals surface area contributed by atoms with E-state index in [4.69, 9.17) is 19.3 Å². The van der Waals surface area contributed by atoms with Crippen molar-refractivity contribution in [3.05, 3.63) is 30.2 Å². The summed E-state index contributed by atoms with van der Waals surface area (Å²) in [5.41, 5.74) is 8.45. The predicted molar refractivity (Wildman–Crippen MR) is 65.1 cm³/mol. The molecule has 0 bridgehead atoms. The van der Waals surface area contributed by atoms with E-state index in [1.54, 1.807) is 19.6 Å². The lowest BCUT2D eigenvalue weighted by molar-refractivity contribution is 0.415. The molecule has 0 saturated heterocycles. The van der Waals surface area contributed by atoms with E-state index in [0.717, 1.165) is 21.9 Å². The van der Waals surface area contributed by atoms with E-state index in [1.807, 2.05) is 19.1 Å². The summed E-state index contributed by atoms with van der Waals surface area (Å²) >= 11 is 0. The van der Waals surface area contributed by atoms with E-state index in [-0.39, 0.29) is 6.04 Å². The Morgan fingerprint density at radius 1 is 1.12 bits per heavy atom. The van der Waals surface area contributed by atoms with Gasteiger partial charge in [-0.25, -0.2) is 0 Å². The second-order valence-corrected chi connectivity index (χ2v) is 4.06. The third-order valence-electron chi connectivity index (χ3n) is 2.98. The van der Waals surface area contributed by atoms with Crippen molar-refractivity contribution >= 4 is 21.9 Å². The molecule has 3 rings (SSSR count). The first-order valence-corrected chi connectivity index (χ1v) is 5.44. The molecule has 88 valence electrons. The molecule has 0 spiro atoms. The van der Waals surface area contributed by atoms with Crippen molar-refractivity contribution < 1.29 is 13.6 Å². The van der Waals surface area contributed by atoms with Crippen LogP contribution in [0.1, 0.15) is 18.5 Å². The molecule has 0 fully saturated rings. The van der Waals surface area contributed by atoms with E-state index < -0.39 is 0 Å². The average Bonchev–Trinajstić information content (AvgIpc) is 2.92. The van der Waals surface area contributed by atoms with E-state index in [9.17, 15) is 0 Å². The highest BCUT2D eigenvalue weighted by atomic mass is 16.5. The molecule has 17 heavy (non-hydrogen) atoms. The van der Waals surface area contributed by atoms with Crippen molar-refractivity contribution in [1.82, 2.24) is 0 Å². The Hall–Kier alpha value is -1.94. The van der Waals surface area contributed by atoms with Gasteiger partial charge in [0, 0.05) is 17.0 Å². The Bertz CT molecular complexity index is 627. The highest BCUT2D eigenvalue weighted by Crippen LogP contribution is 2.41. The van der Waals surface area contributed by atoms with Crippen LogP contribution in [0.4, 0.5) is 0 Å². The van der Waals surface area contributed by atoms with Gasteiger partial charge in [-0.3, -0.25) is 0 Å². The largest absolute Gasteiger partial charge is 0.492 e. The monoisotopic (exact) mass is 231 g/mol. The molecule has 0 aliphatic carbocycles. The van der Waals surface area contributed by atoms with Crippen molar-refractivity contribution in [2.75, 3.05) is 7.11 Å². The van der Waals surface area contributed by atoms with Crippen molar-refractivity contribution in [2.24, 2.45) is 5.73 Å². The second kappa shape index (κ2) is 3.53. The van der Waals surface area contributed by atoms with Crippen LogP contribution in [-0.2, 0) is 0 Å². The fraction of sp³-hybridized carbons (Fsp3) is 0.231. The number of methoxy groups -OCH3 is 1. The van der Waals surface area contributed by atoms with E-state index >= 15 is 0 Å². The molecular weight excluding hydrogens is 218 g/mol. The van der Waals surface area contributed by atoms with Gasteiger partial charge in [0.2, 0.25) is 0 Å². The predicted octanol–water partition coefficient (Wildman–Crippen LogP) is 3.21. The number of fused-ring (bicyclic) bond motifs is 2. The molecule has 0 aliphatic heterocycles. The van der Waals surface area contributed by atoms with Crippen LogP contribution in [0.3, 0.4) is 0 Å². The molecule has 0 saturated carbocycles. The van der Waals surface area contributed by atoms with Gasteiger partial charge in [0.05, 0.1) is 25.0 Å². The summed E-state index contributed by atoms with van der Waals surface area (Å²) in [5.74, 6) is 0.693. The third kappa shape index (κ3) is 1.27. The maximum Gasteiger partial charge on any atom is 0.176 e. The van der Waals surface area contributed by atoms with Gasteiger partial charge in [-0.05, 0) is 19.1 Å². The molecule has 1 aromatic carbocycles. The smallest absolute Gasteiger partial charge is 0.176 e.